The third kappa shape index (κ3) is 3.02. The molecule has 0 bridgehead atoms. The maximum Gasteiger partial charge on any atom is 0.310 e. The minimum atomic E-state index is -0.754. The van der Waals surface area contributed by atoms with E-state index in [0.29, 0.717) is 6.42 Å². The van der Waals surface area contributed by atoms with Crippen LogP contribution in [0.5, 0.6) is 0 Å². The molecule has 1 atom stereocenters. The van der Waals surface area contributed by atoms with E-state index in [1.807, 2.05) is 44.4 Å². The van der Waals surface area contributed by atoms with Gasteiger partial charge >= 0.3 is 5.97 Å². The van der Waals surface area contributed by atoms with Crippen LogP contribution >= 0.6 is 0 Å². The summed E-state index contributed by atoms with van der Waals surface area (Å²) in [6.07, 6.45) is 5.27. The molecule has 2 rings (SSSR count). The molecule has 0 radical (unpaired) electrons. The van der Waals surface area contributed by atoms with Gasteiger partial charge in [0.25, 0.3) is 0 Å². The predicted molar refractivity (Wildman–Crippen MR) is 73.9 cm³/mol. The van der Waals surface area contributed by atoms with Crippen molar-refractivity contribution >= 4 is 5.97 Å². The van der Waals surface area contributed by atoms with Crippen LogP contribution in [0.4, 0.5) is 0 Å². The first-order valence-corrected chi connectivity index (χ1v) is 6.43. The van der Waals surface area contributed by atoms with Crippen LogP contribution in [0.2, 0.25) is 0 Å². The molecule has 1 heterocycles. The maximum absolute atomic E-state index is 11.2. The zero-order valence-corrected chi connectivity index (χ0v) is 11.2. The van der Waals surface area contributed by atoms with E-state index >= 15 is 0 Å². The van der Waals surface area contributed by atoms with Crippen molar-refractivity contribution in [2.24, 2.45) is 7.05 Å². The van der Waals surface area contributed by atoms with Gasteiger partial charge in [-0.25, -0.2) is 0 Å². The van der Waals surface area contributed by atoms with Crippen molar-refractivity contribution in [2.45, 2.75) is 25.7 Å². The number of carboxylic acid groups (broad SMARTS) is 1. The molecule has 0 aliphatic heterocycles. The molecule has 19 heavy (non-hydrogen) atoms. The largest absolute Gasteiger partial charge is 0.481 e. The standard InChI is InChI=1S/C15H18N2O2/c1-3-4-14(15(18)19)12-7-5-11(6-8-12)13-9-16-17(2)10-13/h5-10,14H,3-4H2,1-2H3,(H,18,19). The summed E-state index contributed by atoms with van der Waals surface area (Å²) in [6, 6.07) is 7.71. The zero-order chi connectivity index (χ0) is 13.8. The molecule has 1 aromatic heterocycles. The molecule has 4 nitrogen and oxygen atoms in total. The molecule has 0 spiro atoms. The van der Waals surface area contributed by atoms with Crippen LogP contribution in [0.15, 0.2) is 36.7 Å². The number of aliphatic carboxylic acids is 1. The highest BCUT2D eigenvalue weighted by molar-refractivity contribution is 5.76. The maximum atomic E-state index is 11.2. The van der Waals surface area contributed by atoms with Gasteiger partial charge in [-0.05, 0) is 17.5 Å². The molecule has 0 saturated carbocycles. The number of carboxylic acids is 1. The van der Waals surface area contributed by atoms with Gasteiger partial charge in [-0.3, -0.25) is 9.48 Å². The lowest BCUT2D eigenvalue weighted by Gasteiger charge is -2.11. The van der Waals surface area contributed by atoms with Gasteiger partial charge in [-0.15, -0.1) is 0 Å². The molecule has 1 aromatic carbocycles. The van der Waals surface area contributed by atoms with Crippen molar-refractivity contribution in [3.8, 4) is 11.1 Å². The average Bonchev–Trinajstić information content (AvgIpc) is 2.82. The Bertz CT molecular complexity index is 558. The third-order valence-corrected chi connectivity index (χ3v) is 3.23. The normalized spacial score (nSPS) is 12.3. The highest BCUT2D eigenvalue weighted by Gasteiger charge is 2.18. The Morgan fingerprint density at radius 3 is 2.47 bits per heavy atom. The summed E-state index contributed by atoms with van der Waals surface area (Å²) in [4.78, 5) is 11.2. The topological polar surface area (TPSA) is 55.1 Å². The lowest BCUT2D eigenvalue weighted by Crippen LogP contribution is -2.11. The SMILES string of the molecule is CCCC(C(=O)O)c1ccc(-c2cnn(C)c2)cc1. The van der Waals surface area contributed by atoms with E-state index in [1.54, 1.807) is 10.9 Å². The Kier molecular flexibility index (Phi) is 4.00. The summed E-state index contributed by atoms with van der Waals surface area (Å²) in [5.74, 6) is -1.16. The van der Waals surface area contributed by atoms with Crippen molar-refractivity contribution in [1.29, 1.82) is 0 Å². The number of hydrogen-bond donors (Lipinski definition) is 1. The first-order chi connectivity index (χ1) is 9.11. The van der Waals surface area contributed by atoms with Crippen molar-refractivity contribution in [2.75, 3.05) is 0 Å². The van der Waals surface area contributed by atoms with Crippen LogP contribution in [-0.4, -0.2) is 20.9 Å². The Balaban J connectivity index is 2.24. The second-order valence-corrected chi connectivity index (χ2v) is 4.70. The van der Waals surface area contributed by atoms with Gasteiger partial charge in [-0.2, -0.15) is 5.10 Å². The van der Waals surface area contributed by atoms with Crippen molar-refractivity contribution in [1.82, 2.24) is 9.78 Å². The fourth-order valence-electron chi connectivity index (χ4n) is 2.20. The van der Waals surface area contributed by atoms with Crippen LogP contribution in [-0.2, 0) is 11.8 Å². The van der Waals surface area contributed by atoms with Gasteiger partial charge in [0.2, 0.25) is 0 Å². The monoisotopic (exact) mass is 258 g/mol. The fourth-order valence-corrected chi connectivity index (χ4v) is 2.20. The molecule has 4 heteroatoms. The highest BCUT2D eigenvalue weighted by atomic mass is 16.4. The van der Waals surface area contributed by atoms with Crippen molar-refractivity contribution in [3.63, 3.8) is 0 Å². The summed E-state index contributed by atoms with van der Waals surface area (Å²) in [5.41, 5.74) is 2.95. The average molecular weight is 258 g/mol. The van der Waals surface area contributed by atoms with Crippen LogP contribution < -0.4 is 0 Å². The molecule has 100 valence electrons. The number of carbonyl (C=O) groups is 1. The first kappa shape index (κ1) is 13.3. The number of rotatable bonds is 5. The van der Waals surface area contributed by atoms with Crippen LogP contribution in [0.1, 0.15) is 31.2 Å². The highest BCUT2D eigenvalue weighted by Crippen LogP contribution is 2.25. The summed E-state index contributed by atoms with van der Waals surface area (Å²) in [5, 5.41) is 13.4. The number of benzene rings is 1. The second-order valence-electron chi connectivity index (χ2n) is 4.70. The molecule has 0 aliphatic rings. The molecule has 0 amide bonds. The smallest absolute Gasteiger partial charge is 0.310 e. The molecule has 2 aromatic rings. The predicted octanol–water partition coefficient (Wildman–Crippen LogP) is 3.06. The Morgan fingerprint density at radius 1 is 1.32 bits per heavy atom. The quantitative estimate of drug-likeness (QED) is 0.896. The molecule has 0 aliphatic carbocycles. The Morgan fingerprint density at radius 2 is 2.00 bits per heavy atom. The minimum absolute atomic E-state index is 0.409. The lowest BCUT2D eigenvalue weighted by molar-refractivity contribution is -0.139. The Hall–Kier alpha value is -2.10. The van der Waals surface area contributed by atoms with Gasteiger partial charge in [0, 0.05) is 18.8 Å². The van der Waals surface area contributed by atoms with Gasteiger partial charge in [0.05, 0.1) is 12.1 Å². The van der Waals surface area contributed by atoms with E-state index in [-0.39, 0.29) is 0 Å². The van der Waals surface area contributed by atoms with E-state index in [9.17, 15) is 9.90 Å². The van der Waals surface area contributed by atoms with Gasteiger partial charge in [0.1, 0.15) is 0 Å². The summed E-state index contributed by atoms with van der Waals surface area (Å²) in [7, 11) is 1.87. The fraction of sp³-hybridized carbons (Fsp3) is 0.333. The number of aryl methyl sites for hydroxylation is 1. The second kappa shape index (κ2) is 5.69. The molecular weight excluding hydrogens is 240 g/mol. The number of aromatic nitrogens is 2. The van der Waals surface area contributed by atoms with Crippen LogP contribution in [0.3, 0.4) is 0 Å². The molecule has 1 unspecified atom stereocenters. The van der Waals surface area contributed by atoms with E-state index in [0.717, 1.165) is 23.1 Å². The lowest BCUT2D eigenvalue weighted by atomic mass is 9.93. The molecule has 0 fully saturated rings. The molecule has 1 N–H and O–H groups in total. The van der Waals surface area contributed by atoms with Crippen LogP contribution in [0, 0.1) is 0 Å². The molecular formula is C15H18N2O2. The minimum Gasteiger partial charge on any atom is -0.481 e. The van der Waals surface area contributed by atoms with Crippen LogP contribution in [0.25, 0.3) is 11.1 Å². The summed E-state index contributed by atoms with van der Waals surface area (Å²) >= 11 is 0. The number of hydrogen-bond acceptors (Lipinski definition) is 2. The molecule has 0 saturated heterocycles. The first-order valence-electron chi connectivity index (χ1n) is 6.43. The van der Waals surface area contributed by atoms with Gasteiger partial charge in [0.15, 0.2) is 0 Å². The summed E-state index contributed by atoms with van der Waals surface area (Å²) in [6.45, 7) is 2.00. The zero-order valence-electron chi connectivity index (χ0n) is 11.2. The van der Waals surface area contributed by atoms with Crippen molar-refractivity contribution in [3.05, 3.63) is 42.2 Å². The van der Waals surface area contributed by atoms with Crippen molar-refractivity contribution < 1.29 is 9.90 Å². The Labute approximate surface area is 112 Å². The van der Waals surface area contributed by atoms with E-state index in [4.69, 9.17) is 0 Å². The van der Waals surface area contributed by atoms with E-state index in [1.165, 1.54) is 0 Å². The third-order valence-electron chi connectivity index (χ3n) is 3.23. The summed E-state index contributed by atoms with van der Waals surface area (Å²) < 4.78 is 1.75. The van der Waals surface area contributed by atoms with E-state index < -0.39 is 11.9 Å². The van der Waals surface area contributed by atoms with E-state index in [2.05, 4.69) is 5.10 Å². The van der Waals surface area contributed by atoms with Gasteiger partial charge < -0.3 is 5.11 Å². The number of nitrogens with zero attached hydrogens (tertiary/aromatic N) is 2. The van der Waals surface area contributed by atoms with Gasteiger partial charge in [-0.1, -0.05) is 37.6 Å².